The van der Waals surface area contributed by atoms with Crippen molar-refractivity contribution in [3.05, 3.63) is 35.4 Å². The van der Waals surface area contributed by atoms with Crippen molar-refractivity contribution in [2.45, 2.75) is 32.1 Å². The van der Waals surface area contributed by atoms with Crippen LogP contribution in [0.1, 0.15) is 36.7 Å². The highest BCUT2D eigenvalue weighted by Crippen LogP contribution is 2.10. The van der Waals surface area contributed by atoms with Gasteiger partial charge in [-0.1, -0.05) is 12.1 Å². The molecule has 19 heavy (non-hydrogen) atoms. The quantitative estimate of drug-likeness (QED) is 0.858. The first kappa shape index (κ1) is 15.9. The Balaban J connectivity index is 2.45. The topological polar surface area (TPSA) is 72.2 Å². The van der Waals surface area contributed by atoms with Crippen LogP contribution < -0.4 is 11.1 Å². The third-order valence-corrected chi connectivity index (χ3v) is 4.65. The van der Waals surface area contributed by atoms with E-state index in [1.54, 1.807) is 12.1 Å². The average Bonchev–Trinajstić information content (AvgIpc) is 2.37. The number of nitrogens with one attached hydrogen (secondary N) is 1. The SMILES string of the molecule is CC(C)(C)S(=O)CCNC(=O)c1ccc(CN)cc1. The van der Waals surface area contributed by atoms with Gasteiger partial charge in [0.25, 0.3) is 5.91 Å². The lowest BCUT2D eigenvalue weighted by molar-refractivity contribution is 0.0956. The van der Waals surface area contributed by atoms with Crippen molar-refractivity contribution in [2.24, 2.45) is 5.73 Å². The summed E-state index contributed by atoms with van der Waals surface area (Å²) in [4.78, 5) is 11.8. The molecule has 0 bridgehead atoms. The molecule has 106 valence electrons. The molecule has 1 atom stereocenters. The van der Waals surface area contributed by atoms with E-state index in [2.05, 4.69) is 5.32 Å². The number of nitrogens with two attached hydrogens (primary N) is 1. The third-order valence-electron chi connectivity index (χ3n) is 2.71. The monoisotopic (exact) mass is 282 g/mol. The van der Waals surface area contributed by atoms with Crippen LogP contribution in [0.3, 0.4) is 0 Å². The highest BCUT2D eigenvalue weighted by atomic mass is 32.2. The Hall–Kier alpha value is -1.20. The summed E-state index contributed by atoms with van der Waals surface area (Å²) in [6.07, 6.45) is 0. The summed E-state index contributed by atoms with van der Waals surface area (Å²) in [7, 11) is -0.946. The zero-order valence-electron chi connectivity index (χ0n) is 11.7. The molecule has 0 aliphatic heterocycles. The van der Waals surface area contributed by atoms with E-state index in [0.717, 1.165) is 5.56 Å². The fourth-order valence-corrected chi connectivity index (χ4v) is 2.36. The molecule has 1 amide bonds. The molecule has 4 nitrogen and oxygen atoms in total. The van der Waals surface area contributed by atoms with Gasteiger partial charge in [-0.05, 0) is 38.5 Å². The lowest BCUT2D eigenvalue weighted by atomic mass is 10.1. The van der Waals surface area contributed by atoms with E-state index in [-0.39, 0.29) is 10.7 Å². The van der Waals surface area contributed by atoms with E-state index in [4.69, 9.17) is 5.73 Å². The zero-order valence-corrected chi connectivity index (χ0v) is 12.5. The molecule has 1 aromatic carbocycles. The zero-order chi connectivity index (χ0) is 14.5. The van der Waals surface area contributed by atoms with Crippen molar-refractivity contribution in [1.29, 1.82) is 0 Å². The molecule has 0 saturated carbocycles. The Bertz CT molecular complexity index is 450. The molecular formula is C14H22N2O2S. The highest BCUT2D eigenvalue weighted by molar-refractivity contribution is 7.86. The van der Waals surface area contributed by atoms with Gasteiger partial charge in [0.1, 0.15) is 0 Å². The number of carbonyl (C=O) groups excluding carboxylic acids is 1. The number of benzene rings is 1. The average molecular weight is 282 g/mol. The van der Waals surface area contributed by atoms with E-state index in [1.807, 2.05) is 32.9 Å². The largest absolute Gasteiger partial charge is 0.351 e. The number of rotatable bonds is 5. The summed E-state index contributed by atoms with van der Waals surface area (Å²) >= 11 is 0. The molecule has 0 saturated heterocycles. The molecule has 0 aliphatic carbocycles. The molecule has 0 heterocycles. The van der Waals surface area contributed by atoms with Crippen molar-refractivity contribution in [3.8, 4) is 0 Å². The van der Waals surface area contributed by atoms with Gasteiger partial charge in [0.05, 0.1) is 0 Å². The van der Waals surface area contributed by atoms with Gasteiger partial charge in [0.2, 0.25) is 0 Å². The van der Waals surface area contributed by atoms with Gasteiger partial charge in [0.15, 0.2) is 0 Å². The molecule has 0 aliphatic rings. The lowest BCUT2D eigenvalue weighted by Gasteiger charge is -2.17. The Kier molecular flexibility index (Phi) is 5.69. The Morgan fingerprint density at radius 1 is 1.26 bits per heavy atom. The highest BCUT2D eigenvalue weighted by Gasteiger charge is 2.18. The summed E-state index contributed by atoms with van der Waals surface area (Å²) in [6, 6.07) is 7.17. The van der Waals surface area contributed by atoms with Crippen LogP contribution in [0.5, 0.6) is 0 Å². The van der Waals surface area contributed by atoms with Crippen LogP contribution in [-0.2, 0) is 17.3 Å². The first-order valence-corrected chi connectivity index (χ1v) is 7.62. The van der Waals surface area contributed by atoms with Gasteiger partial charge >= 0.3 is 0 Å². The smallest absolute Gasteiger partial charge is 0.251 e. The number of carbonyl (C=O) groups is 1. The van der Waals surface area contributed by atoms with E-state index in [0.29, 0.717) is 24.4 Å². The van der Waals surface area contributed by atoms with Crippen LogP contribution in [0.15, 0.2) is 24.3 Å². The molecule has 3 N–H and O–H groups in total. The minimum absolute atomic E-state index is 0.144. The van der Waals surface area contributed by atoms with Crippen molar-refractivity contribution < 1.29 is 9.00 Å². The van der Waals surface area contributed by atoms with Crippen LogP contribution in [0.2, 0.25) is 0 Å². The molecule has 5 heteroatoms. The number of hydrogen-bond acceptors (Lipinski definition) is 3. The van der Waals surface area contributed by atoms with Crippen LogP contribution in [0, 0.1) is 0 Å². The minimum Gasteiger partial charge on any atom is -0.351 e. The van der Waals surface area contributed by atoms with E-state index < -0.39 is 10.8 Å². The van der Waals surface area contributed by atoms with Gasteiger partial charge in [-0.25, -0.2) is 0 Å². The molecule has 0 radical (unpaired) electrons. The predicted molar refractivity (Wildman–Crippen MR) is 79.4 cm³/mol. The predicted octanol–water partition coefficient (Wildman–Crippen LogP) is 1.42. The van der Waals surface area contributed by atoms with Gasteiger partial charge in [0, 0.05) is 40.0 Å². The molecule has 1 unspecified atom stereocenters. The Labute approximate surface area is 117 Å². The maximum Gasteiger partial charge on any atom is 0.251 e. The number of amides is 1. The first-order chi connectivity index (χ1) is 8.84. The van der Waals surface area contributed by atoms with Gasteiger partial charge in [-0.2, -0.15) is 0 Å². The van der Waals surface area contributed by atoms with Crippen molar-refractivity contribution >= 4 is 16.7 Å². The molecule has 0 fully saturated rings. The van der Waals surface area contributed by atoms with Crippen molar-refractivity contribution in [1.82, 2.24) is 5.32 Å². The molecule has 0 aromatic heterocycles. The molecule has 1 aromatic rings. The summed E-state index contributed by atoms with van der Waals surface area (Å²) in [5, 5.41) is 2.78. The normalized spacial score (nSPS) is 13.1. The van der Waals surface area contributed by atoms with Crippen LogP contribution in [0.4, 0.5) is 0 Å². The van der Waals surface area contributed by atoms with Crippen LogP contribution in [-0.4, -0.2) is 27.2 Å². The fraction of sp³-hybridized carbons (Fsp3) is 0.500. The Morgan fingerprint density at radius 2 is 1.84 bits per heavy atom. The van der Waals surface area contributed by atoms with Gasteiger partial charge in [-0.3, -0.25) is 9.00 Å². The van der Waals surface area contributed by atoms with E-state index in [9.17, 15) is 9.00 Å². The fourth-order valence-electron chi connectivity index (χ4n) is 1.46. The molecular weight excluding hydrogens is 260 g/mol. The van der Waals surface area contributed by atoms with E-state index in [1.165, 1.54) is 0 Å². The number of hydrogen-bond donors (Lipinski definition) is 2. The maximum absolute atomic E-state index is 11.8. The summed E-state index contributed by atoms with van der Waals surface area (Å²) in [5.74, 6) is 0.324. The first-order valence-electron chi connectivity index (χ1n) is 6.30. The second kappa shape index (κ2) is 6.82. The van der Waals surface area contributed by atoms with Crippen molar-refractivity contribution in [3.63, 3.8) is 0 Å². The summed E-state index contributed by atoms with van der Waals surface area (Å²) in [5.41, 5.74) is 7.08. The Morgan fingerprint density at radius 3 is 2.32 bits per heavy atom. The second-order valence-corrected chi connectivity index (χ2v) is 7.64. The lowest BCUT2D eigenvalue weighted by Crippen LogP contribution is -2.32. The van der Waals surface area contributed by atoms with Gasteiger partial charge in [-0.15, -0.1) is 0 Å². The van der Waals surface area contributed by atoms with Gasteiger partial charge < -0.3 is 11.1 Å². The standard InChI is InChI=1S/C14H22N2O2S/c1-14(2,3)19(18)9-8-16-13(17)12-6-4-11(10-15)5-7-12/h4-7H,8-10,15H2,1-3H3,(H,16,17). The maximum atomic E-state index is 11.8. The summed E-state index contributed by atoms with van der Waals surface area (Å²) in [6.45, 7) is 6.66. The second-order valence-electron chi connectivity index (χ2n) is 5.32. The van der Waals surface area contributed by atoms with Crippen molar-refractivity contribution in [2.75, 3.05) is 12.3 Å². The van der Waals surface area contributed by atoms with Crippen LogP contribution >= 0.6 is 0 Å². The minimum atomic E-state index is -0.946. The summed E-state index contributed by atoms with van der Waals surface area (Å²) < 4.78 is 11.6. The molecule has 0 spiro atoms. The van der Waals surface area contributed by atoms with E-state index >= 15 is 0 Å². The molecule has 1 rings (SSSR count). The third kappa shape index (κ3) is 5.12. The van der Waals surface area contributed by atoms with Crippen LogP contribution in [0.25, 0.3) is 0 Å².